The van der Waals surface area contributed by atoms with Crippen molar-refractivity contribution in [3.05, 3.63) is 28.3 Å². The van der Waals surface area contributed by atoms with Gasteiger partial charge in [0, 0.05) is 19.2 Å². The first-order valence-electron chi connectivity index (χ1n) is 6.41. The minimum absolute atomic E-state index is 0.00361. The van der Waals surface area contributed by atoms with Crippen molar-refractivity contribution >= 4 is 11.4 Å². The number of nitro benzene ring substituents is 1. The van der Waals surface area contributed by atoms with E-state index in [9.17, 15) is 15.2 Å². The molecule has 5 heteroatoms. The third kappa shape index (κ3) is 3.35. The molecule has 0 unspecified atom stereocenters. The highest BCUT2D eigenvalue weighted by molar-refractivity contribution is 5.61. The van der Waals surface area contributed by atoms with Gasteiger partial charge in [-0.2, -0.15) is 0 Å². The predicted octanol–water partition coefficient (Wildman–Crippen LogP) is 3.32. The number of hydrogen-bond acceptors (Lipinski definition) is 4. The van der Waals surface area contributed by atoms with Crippen LogP contribution in [0.25, 0.3) is 0 Å². The molecular weight excluding hydrogens is 232 g/mol. The number of phenolic OH excluding ortho intramolecular Hbond substituents is 1. The summed E-state index contributed by atoms with van der Waals surface area (Å²) in [6, 6.07) is 4.27. The summed E-state index contributed by atoms with van der Waals surface area (Å²) in [6.45, 7) is 5.82. The minimum Gasteiger partial charge on any atom is -0.506 e. The number of nitrogens with zero attached hydrogens (tertiary/aromatic N) is 2. The highest BCUT2D eigenvalue weighted by atomic mass is 16.6. The summed E-state index contributed by atoms with van der Waals surface area (Å²) in [5.41, 5.74) is 0.628. The van der Waals surface area contributed by atoms with E-state index < -0.39 is 4.92 Å². The zero-order chi connectivity index (χ0) is 13.5. The second kappa shape index (κ2) is 6.83. The van der Waals surface area contributed by atoms with Crippen molar-refractivity contribution in [1.29, 1.82) is 0 Å². The van der Waals surface area contributed by atoms with Crippen LogP contribution >= 0.6 is 0 Å². The highest BCUT2D eigenvalue weighted by Gasteiger charge is 2.16. The van der Waals surface area contributed by atoms with E-state index in [0.29, 0.717) is 5.69 Å². The molecule has 0 spiro atoms. The number of nitro groups is 1. The van der Waals surface area contributed by atoms with Crippen LogP contribution < -0.4 is 4.90 Å². The monoisotopic (exact) mass is 252 g/mol. The van der Waals surface area contributed by atoms with Gasteiger partial charge >= 0.3 is 0 Å². The standard InChI is InChI=1S/C11H14N2O3.C2H6/c14-11-8-9(13(15)16)4-5-10(11)12-6-2-1-3-7-12;1-2/h4-5,8,14H,1-3,6-7H2;1-2H3. The maximum atomic E-state index is 10.5. The molecule has 1 fully saturated rings. The van der Waals surface area contributed by atoms with E-state index in [2.05, 4.69) is 4.90 Å². The molecule has 18 heavy (non-hydrogen) atoms. The Kier molecular flexibility index (Phi) is 5.42. The summed E-state index contributed by atoms with van der Waals surface area (Å²) in [4.78, 5) is 12.1. The number of piperidine rings is 1. The lowest BCUT2D eigenvalue weighted by Crippen LogP contribution is -2.29. The Labute approximate surface area is 107 Å². The second-order valence-electron chi connectivity index (χ2n) is 3.98. The van der Waals surface area contributed by atoms with E-state index in [0.717, 1.165) is 25.9 Å². The first kappa shape index (κ1) is 14.3. The van der Waals surface area contributed by atoms with Crippen molar-refractivity contribution in [2.45, 2.75) is 33.1 Å². The third-order valence-corrected chi connectivity index (χ3v) is 2.87. The molecular formula is C13H20N2O3. The van der Waals surface area contributed by atoms with Crippen LogP contribution in [0.4, 0.5) is 11.4 Å². The number of aromatic hydroxyl groups is 1. The minimum atomic E-state index is -0.500. The van der Waals surface area contributed by atoms with E-state index in [1.807, 2.05) is 13.8 Å². The lowest BCUT2D eigenvalue weighted by Gasteiger charge is -2.29. The van der Waals surface area contributed by atoms with Crippen molar-refractivity contribution in [2.24, 2.45) is 0 Å². The van der Waals surface area contributed by atoms with E-state index in [-0.39, 0.29) is 11.4 Å². The molecule has 1 aromatic rings. The number of anilines is 1. The molecule has 0 bridgehead atoms. The fraction of sp³-hybridized carbons (Fsp3) is 0.538. The Balaban J connectivity index is 0.000000771. The molecule has 0 atom stereocenters. The van der Waals surface area contributed by atoms with Crippen molar-refractivity contribution < 1.29 is 10.0 Å². The third-order valence-electron chi connectivity index (χ3n) is 2.87. The van der Waals surface area contributed by atoms with Gasteiger partial charge in [-0.25, -0.2) is 0 Å². The zero-order valence-electron chi connectivity index (χ0n) is 10.9. The molecule has 2 rings (SSSR count). The van der Waals surface area contributed by atoms with E-state index in [1.165, 1.54) is 18.6 Å². The van der Waals surface area contributed by atoms with Gasteiger partial charge in [-0.15, -0.1) is 0 Å². The van der Waals surface area contributed by atoms with Crippen LogP contribution in [-0.2, 0) is 0 Å². The van der Waals surface area contributed by atoms with Gasteiger partial charge in [0.25, 0.3) is 5.69 Å². The van der Waals surface area contributed by atoms with Crippen LogP contribution in [0.2, 0.25) is 0 Å². The fourth-order valence-electron chi connectivity index (χ4n) is 2.03. The van der Waals surface area contributed by atoms with E-state index in [1.54, 1.807) is 6.07 Å². The van der Waals surface area contributed by atoms with Crippen LogP contribution in [0.1, 0.15) is 33.1 Å². The van der Waals surface area contributed by atoms with Crippen LogP contribution in [-0.4, -0.2) is 23.1 Å². The van der Waals surface area contributed by atoms with Gasteiger partial charge in [0.1, 0.15) is 5.75 Å². The Bertz CT molecular complexity index is 401. The molecule has 1 aliphatic heterocycles. The van der Waals surface area contributed by atoms with Gasteiger partial charge in [0.2, 0.25) is 0 Å². The van der Waals surface area contributed by atoms with Crippen molar-refractivity contribution in [3.63, 3.8) is 0 Å². The summed E-state index contributed by atoms with van der Waals surface area (Å²) in [6.07, 6.45) is 3.43. The molecule has 1 aromatic carbocycles. The van der Waals surface area contributed by atoms with Crippen LogP contribution in [0.3, 0.4) is 0 Å². The Morgan fingerprint density at radius 3 is 2.33 bits per heavy atom. The summed E-state index contributed by atoms with van der Waals surface area (Å²) < 4.78 is 0. The fourth-order valence-corrected chi connectivity index (χ4v) is 2.03. The summed E-state index contributed by atoms with van der Waals surface area (Å²) >= 11 is 0. The molecule has 1 heterocycles. The number of non-ortho nitro benzene ring substituents is 1. The molecule has 0 aromatic heterocycles. The van der Waals surface area contributed by atoms with Crippen LogP contribution in [0.5, 0.6) is 5.75 Å². The van der Waals surface area contributed by atoms with Gasteiger partial charge in [-0.1, -0.05) is 13.8 Å². The first-order valence-corrected chi connectivity index (χ1v) is 6.41. The summed E-state index contributed by atoms with van der Waals surface area (Å²) in [5.74, 6) is -0.00361. The molecule has 100 valence electrons. The molecule has 0 amide bonds. The van der Waals surface area contributed by atoms with E-state index >= 15 is 0 Å². The molecule has 5 nitrogen and oxygen atoms in total. The smallest absolute Gasteiger partial charge is 0.273 e. The Morgan fingerprint density at radius 2 is 1.83 bits per heavy atom. The first-order chi connectivity index (χ1) is 8.68. The summed E-state index contributed by atoms with van der Waals surface area (Å²) in [5, 5.41) is 20.3. The Morgan fingerprint density at radius 1 is 1.22 bits per heavy atom. The SMILES string of the molecule is CC.O=[N+]([O-])c1ccc(N2CCCCC2)c(O)c1. The van der Waals surface area contributed by atoms with Gasteiger partial charge in [0.05, 0.1) is 16.7 Å². The highest BCUT2D eigenvalue weighted by Crippen LogP contribution is 2.32. The van der Waals surface area contributed by atoms with Crippen molar-refractivity contribution in [1.82, 2.24) is 0 Å². The molecule has 1 aliphatic rings. The molecule has 0 aliphatic carbocycles. The predicted molar refractivity (Wildman–Crippen MR) is 72.2 cm³/mol. The molecule has 0 saturated carbocycles. The average Bonchev–Trinajstić information content (AvgIpc) is 2.42. The van der Waals surface area contributed by atoms with Gasteiger partial charge in [-0.3, -0.25) is 10.1 Å². The normalized spacial score (nSPS) is 14.7. The van der Waals surface area contributed by atoms with Crippen LogP contribution in [0.15, 0.2) is 18.2 Å². The van der Waals surface area contributed by atoms with Crippen molar-refractivity contribution in [2.75, 3.05) is 18.0 Å². The number of phenols is 1. The lowest BCUT2D eigenvalue weighted by molar-refractivity contribution is -0.384. The lowest BCUT2D eigenvalue weighted by atomic mass is 10.1. The van der Waals surface area contributed by atoms with Gasteiger partial charge in [-0.05, 0) is 25.3 Å². The summed E-state index contributed by atoms with van der Waals surface area (Å²) in [7, 11) is 0. The maximum absolute atomic E-state index is 10.5. The quantitative estimate of drug-likeness (QED) is 0.647. The Hall–Kier alpha value is -1.78. The second-order valence-corrected chi connectivity index (χ2v) is 3.98. The maximum Gasteiger partial charge on any atom is 0.273 e. The van der Waals surface area contributed by atoms with Crippen LogP contribution in [0, 0.1) is 10.1 Å². The van der Waals surface area contributed by atoms with Gasteiger partial charge < -0.3 is 10.0 Å². The number of rotatable bonds is 2. The molecule has 1 saturated heterocycles. The topological polar surface area (TPSA) is 66.6 Å². The molecule has 1 N–H and O–H groups in total. The molecule has 0 radical (unpaired) electrons. The number of hydrogen-bond donors (Lipinski definition) is 1. The van der Waals surface area contributed by atoms with Crippen molar-refractivity contribution in [3.8, 4) is 5.75 Å². The number of benzene rings is 1. The zero-order valence-corrected chi connectivity index (χ0v) is 10.9. The van der Waals surface area contributed by atoms with Gasteiger partial charge in [0.15, 0.2) is 0 Å². The largest absolute Gasteiger partial charge is 0.506 e. The van der Waals surface area contributed by atoms with E-state index in [4.69, 9.17) is 0 Å². The average molecular weight is 252 g/mol.